The molecule has 166 valence electrons. The van der Waals surface area contributed by atoms with E-state index in [1.807, 2.05) is 11.8 Å². The summed E-state index contributed by atoms with van der Waals surface area (Å²) in [6, 6.07) is 7.94. The lowest BCUT2D eigenvalue weighted by Crippen LogP contribution is -2.42. The van der Waals surface area contributed by atoms with E-state index in [1.165, 1.54) is 26.4 Å². The summed E-state index contributed by atoms with van der Waals surface area (Å²) in [5.41, 5.74) is 1.78. The van der Waals surface area contributed by atoms with Gasteiger partial charge in [-0.2, -0.15) is 0 Å². The summed E-state index contributed by atoms with van der Waals surface area (Å²) in [7, 11) is -1.02. The Morgan fingerprint density at radius 1 is 1.16 bits per heavy atom. The van der Waals surface area contributed by atoms with Crippen LogP contribution in [-0.4, -0.2) is 34.6 Å². The normalized spacial score (nSPS) is 18.3. The van der Waals surface area contributed by atoms with Crippen LogP contribution in [0, 0.1) is 5.92 Å². The van der Waals surface area contributed by atoms with Gasteiger partial charge in [0.1, 0.15) is 17.2 Å². The van der Waals surface area contributed by atoms with E-state index in [0.29, 0.717) is 12.2 Å². The first kappa shape index (κ1) is 21.8. The maximum atomic E-state index is 13.1. The molecule has 1 N–H and O–H groups in total. The number of carbonyl (C=O) groups is 1. The summed E-state index contributed by atoms with van der Waals surface area (Å²) in [6.07, 6.45) is 3.56. The minimum Gasteiger partial charge on any atom is -0.497 e. The van der Waals surface area contributed by atoms with Crippen molar-refractivity contribution in [1.29, 1.82) is 0 Å². The van der Waals surface area contributed by atoms with E-state index < -0.39 is 10.0 Å². The predicted molar refractivity (Wildman–Crippen MR) is 120 cm³/mol. The Bertz CT molecular complexity index is 1130. The average molecular weight is 465 g/mol. The minimum atomic E-state index is -3.93. The van der Waals surface area contributed by atoms with E-state index >= 15 is 0 Å². The van der Waals surface area contributed by atoms with Crippen molar-refractivity contribution in [3.05, 3.63) is 40.9 Å². The highest BCUT2D eigenvalue weighted by Gasteiger charge is 2.37. The van der Waals surface area contributed by atoms with Gasteiger partial charge in [0.2, 0.25) is 5.91 Å². The van der Waals surface area contributed by atoms with Crippen LogP contribution in [0.5, 0.6) is 11.5 Å². The largest absolute Gasteiger partial charge is 0.497 e. The first-order valence-electron chi connectivity index (χ1n) is 10.2. The van der Waals surface area contributed by atoms with Gasteiger partial charge in [0.05, 0.1) is 24.1 Å². The van der Waals surface area contributed by atoms with Gasteiger partial charge >= 0.3 is 0 Å². The van der Waals surface area contributed by atoms with Crippen molar-refractivity contribution in [3.63, 3.8) is 0 Å². The molecule has 1 amide bonds. The van der Waals surface area contributed by atoms with Crippen molar-refractivity contribution in [1.82, 2.24) is 0 Å². The molecule has 7 nitrogen and oxygen atoms in total. The number of anilines is 2. The van der Waals surface area contributed by atoms with Crippen molar-refractivity contribution in [3.8, 4) is 11.5 Å². The zero-order valence-electron chi connectivity index (χ0n) is 17.6. The van der Waals surface area contributed by atoms with Crippen LogP contribution >= 0.6 is 11.6 Å². The standard InChI is InChI=1S/C22H25ClN2O5S/c1-13-9-15-10-17(7-8-19(15)25(13)22(26)14-5-4-6-14)31(27,28)24-21-18(23)11-16(29-2)12-20(21)30-3/h7-8,10-14,24H,4-6,9H2,1-3H3/t13-/m1/s1. The molecule has 0 aromatic heterocycles. The molecule has 2 aromatic rings. The van der Waals surface area contributed by atoms with E-state index in [9.17, 15) is 13.2 Å². The summed E-state index contributed by atoms with van der Waals surface area (Å²) in [6.45, 7) is 1.99. The van der Waals surface area contributed by atoms with Crippen LogP contribution < -0.4 is 19.1 Å². The van der Waals surface area contributed by atoms with Crippen molar-refractivity contribution < 1.29 is 22.7 Å². The number of nitrogens with one attached hydrogen (secondary N) is 1. The fourth-order valence-corrected chi connectivity index (χ4v) is 5.54. The molecule has 2 aliphatic rings. The van der Waals surface area contributed by atoms with Crippen LogP contribution in [0.25, 0.3) is 0 Å². The molecule has 1 atom stereocenters. The Morgan fingerprint density at radius 2 is 1.90 bits per heavy atom. The van der Waals surface area contributed by atoms with Gasteiger partial charge in [0.25, 0.3) is 10.0 Å². The van der Waals surface area contributed by atoms with Crippen LogP contribution in [0.4, 0.5) is 11.4 Å². The monoisotopic (exact) mass is 464 g/mol. The Balaban J connectivity index is 1.64. The third-order valence-electron chi connectivity index (χ3n) is 5.99. The number of hydrogen-bond donors (Lipinski definition) is 1. The highest BCUT2D eigenvalue weighted by molar-refractivity contribution is 7.92. The number of sulfonamides is 1. The fourth-order valence-electron chi connectivity index (χ4n) is 4.09. The van der Waals surface area contributed by atoms with E-state index in [0.717, 1.165) is 30.5 Å². The van der Waals surface area contributed by atoms with Crippen molar-refractivity contribution in [2.45, 2.75) is 43.5 Å². The lowest BCUT2D eigenvalue weighted by atomic mass is 9.84. The molecule has 1 heterocycles. The highest BCUT2D eigenvalue weighted by atomic mass is 35.5. The predicted octanol–water partition coefficient (Wildman–Crippen LogP) is 4.24. The lowest BCUT2D eigenvalue weighted by Gasteiger charge is -2.32. The lowest BCUT2D eigenvalue weighted by molar-refractivity contribution is -0.125. The number of methoxy groups -OCH3 is 2. The Morgan fingerprint density at radius 3 is 2.52 bits per heavy atom. The highest BCUT2D eigenvalue weighted by Crippen LogP contribution is 2.40. The SMILES string of the molecule is COc1cc(Cl)c(NS(=O)(=O)c2ccc3c(c2)C[C@@H](C)N3C(=O)C2CCC2)c(OC)c1. The number of nitrogens with zero attached hydrogens (tertiary/aromatic N) is 1. The maximum Gasteiger partial charge on any atom is 0.262 e. The third kappa shape index (κ3) is 3.94. The molecule has 0 bridgehead atoms. The topological polar surface area (TPSA) is 84.9 Å². The molecule has 1 fully saturated rings. The number of rotatable bonds is 6. The molecule has 0 saturated heterocycles. The van der Waals surface area contributed by atoms with Crippen LogP contribution in [0.1, 0.15) is 31.7 Å². The molecule has 0 radical (unpaired) electrons. The second-order valence-corrected chi connectivity index (χ2v) is 10.1. The molecular formula is C22H25ClN2O5S. The van der Waals surface area contributed by atoms with Gasteiger partial charge in [0, 0.05) is 29.8 Å². The summed E-state index contributed by atoms with van der Waals surface area (Å²) in [5.74, 6) is 0.927. The summed E-state index contributed by atoms with van der Waals surface area (Å²) in [5, 5.41) is 0.159. The van der Waals surface area contributed by atoms with E-state index in [2.05, 4.69) is 4.72 Å². The molecule has 4 rings (SSSR count). The molecule has 2 aromatic carbocycles. The zero-order chi connectivity index (χ0) is 22.3. The van der Waals surface area contributed by atoms with Crippen LogP contribution in [-0.2, 0) is 21.2 Å². The zero-order valence-corrected chi connectivity index (χ0v) is 19.2. The van der Waals surface area contributed by atoms with Crippen LogP contribution in [0.15, 0.2) is 35.2 Å². The summed E-state index contributed by atoms with van der Waals surface area (Å²) >= 11 is 6.27. The van der Waals surface area contributed by atoms with Gasteiger partial charge < -0.3 is 14.4 Å². The van der Waals surface area contributed by atoms with Gasteiger partial charge in [-0.05, 0) is 49.9 Å². The van der Waals surface area contributed by atoms with Crippen molar-refractivity contribution in [2.75, 3.05) is 23.8 Å². The first-order chi connectivity index (χ1) is 14.7. The maximum absolute atomic E-state index is 13.1. The average Bonchev–Trinajstić information content (AvgIpc) is 3.02. The van der Waals surface area contributed by atoms with E-state index in [-0.39, 0.29) is 39.2 Å². The van der Waals surface area contributed by atoms with Gasteiger partial charge in [-0.15, -0.1) is 0 Å². The van der Waals surface area contributed by atoms with Crippen molar-refractivity contribution in [2.24, 2.45) is 5.92 Å². The quantitative estimate of drug-likeness (QED) is 0.691. The summed E-state index contributed by atoms with van der Waals surface area (Å²) < 4.78 is 39.2. The number of carbonyl (C=O) groups excluding carboxylic acids is 1. The van der Waals surface area contributed by atoms with Gasteiger partial charge in [0.15, 0.2) is 0 Å². The molecular weight excluding hydrogens is 440 g/mol. The smallest absolute Gasteiger partial charge is 0.262 e. The first-order valence-corrected chi connectivity index (χ1v) is 12.0. The molecule has 31 heavy (non-hydrogen) atoms. The van der Waals surface area contributed by atoms with Crippen molar-refractivity contribution >= 4 is 38.9 Å². The third-order valence-corrected chi connectivity index (χ3v) is 7.63. The molecule has 1 aliphatic heterocycles. The van der Waals surface area contributed by atoms with Gasteiger partial charge in [-0.1, -0.05) is 18.0 Å². The number of hydrogen-bond acceptors (Lipinski definition) is 5. The van der Waals surface area contributed by atoms with Crippen LogP contribution in [0.3, 0.4) is 0 Å². The number of amides is 1. The van der Waals surface area contributed by atoms with E-state index in [4.69, 9.17) is 21.1 Å². The number of benzene rings is 2. The number of ether oxygens (including phenoxy) is 2. The van der Waals surface area contributed by atoms with Gasteiger partial charge in [-0.3, -0.25) is 9.52 Å². The molecule has 1 aliphatic carbocycles. The fraction of sp³-hybridized carbons (Fsp3) is 0.409. The molecule has 1 saturated carbocycles. The molecule has 0 unspecified atom stereocenters. The van der Waals surface area contributed by atoms with Crippen LogP contribution in [0.2, 0.25) is 5.02 Å². The Kier molecular flexibility index (Phi) is 5.79. The second kappa shape index (κ2) is 8.24. The second-order valence-electron chi connectivity index (χ2n) is 7.97. The molecule has 0 spiro atoms. The number of fused-ring (bicyclic) bond motifs is 1. The van der Waals surface area contributed by atoms with E-state index in [1.54, 1.807) is 18.2 Å². The Labute approximate surface area is 187 Å². The van der Waals surface area contributed by atoms with Gasteiger partial charge in [-0.25, -0.2) is 8.42 Å². The summed E-state index contributed by atoms with van der Waals surface area (Å²) in [4.78, 5) is 14.8. The Hall–Kier alpha value is -2.45. The number of halogens is 1. The molecule has 9 heteroatoms. The minimum absolute atomic E-state index is 0.00476.